The first kappa shape index (κ1) is 17.6. The highest BCUT2D eigenvalue weighted by molar-refractivity contribution is 9.10. The number of halogens is 2. The van der Waals surface area contributed by atoms with Crippen LogP contribution in [-0.2, 0) is 4.79 Å². The summed E-state index contributed by atoms with van der Waals surface area (Å²) in [7, 11) is 0. The van der Waals surface area contributed by atoms with Crippen LogP contribution in [0, 0.1) is 5.82 Å². The SMILES string of the molecule is C[C@H](Sc1n[nH]c(-c2ccccc2Br)n1)C(=O)Nc1ccccc1F. The molecule has 0 unspecified atom stereocenters. The first-order valence-electron chi connectivity index (χ1n) is 7.44. The molecule has 0 bridgehead atoms. The number of anilines is 1. The topological polar surface area (TPSA) is 70.7 Å². The molecule has 0 saturated heterocycles. The maximum absolute atomic E-state index is 13.6. The van der Waals surface area contributed by atoms with Gasteiger partial charge in [-0.2, -0.15) is 0 Å². The Bertz CT molecular complexity index is 902. The number of para-hydroxylation sites is 1. The van der Waals surface area contributed by atoms with Crippen molar-refractivity contribution in [2.45, 2.75) is 17.3 Å². The first-order chi connectivity index (χ1) is 12.0. The lowest BCUT2D eigenvalue weighted by Gasteiger charge is -2.10. The Morgan fingerprint density at radius 3 is 2.72 bits per heavy atom. The van der Waals surface area contributed by atoms with E-state index in [2.05, 4.69) is 36.4 Å². The molecule has 5 nitrogen and oxygen atoms in total. The fourth-order valence-electron chi connectivity index (χ4n) is 2.08. The van der Waals surface area contributed by atoms with Crippen LogP contribution in [0.25, 0.3) is 11.4 Å². The van der Waals surface area contributed by atoms with E-state index in [1.165, 1.54) is 23.9 Å². The van der Waals surface area contributed by atoms with E-state index >= 15 is 0 Å². The molecule has 1 amide bonds. The molecule has 1 atom stereocenters. The monoisotopic (exact) mass is 420 g/mol. The molecule has 0 fully saturated rings. The fourth-order valence-corrected chi connectivity index (χ4v) is 3.28. The summed E-state index contributed by atoms with van der Waals surface area (Å²) in [4.78, 5) is 16.6. The van der Waals surface area contributed by atoms with Crippen LogP contribution in [-0.4, -0.2) is 26.3 Å². The maximum Gasteiger partial charge on any atom is 0.237 e. The third-order valence-electron chi connectivity index (χ3n) is 3.38. The van der Waals surface area contributed by atoms with Crippen molar-refractivity contribution in [2.24, 2.45) is 0 Å². The van der Waals surface area contributed by atoms with Crippen LogP contribution in [0.1, 0.15) is 6.92 Å². The van der Waals surface area contributed by atoms with Gasteiger partial charge in [-0.3, -0.25) is 9.89 Å². The number of H-pyrrole nitrogens is 1. The molecule has 0 saturated carbocycles. The minimum Gasteiger partial charge on any atom is -0.323 e. The van der Waals surface area contributed by atoms with E-state index in [0.717, 1.165) is 10.0 Å². The van der Waals surface area contributed by atoms with Crippen LogP contribution in [0.3, 0.4) is 0 Å². The van der Waals surface area contributed by atoms with Gasteiger partial charge in [0, 0.05) is 10.0 Å². The summed E-state index contributed by atoms with van der Waals surface area (Å²) >= 11 is 4.66. The van der Waals surface area contributed by atoms with Crippen molar-refractivity contribution in [2.75, 3.05) is 5.32 Å². The number of amides is 1. The average Bonchev–Trinajstić information content (AvgIpc) is 3.05. The molecule has 3 aromatic rings. The Kier molecular flexibility index (Phi) is 5.50. The zero-order valence-electron chi connectivity index (χ0n) is 13.2. The summed E-state index contributed by atoms with van der Waals surface area (Å²) in [6, 6.07) is 13.7. The number of aromatic nitrogens is 3. The van der Waals surface area contributed by atoms with Gasteiger partial charge in [-0.15, -0.1) is 5.10 Å². The molecule has 3 rings (SSSR count). The number of hydrogen-bond acceptors (Lipinski definition) is 4. The predicted molar refractivity (Wildman–Crippen MR) is 99.9 cm³/mol. The quantitative estimate of drug-likeness (QED) is 0.596. The van der Waals surface area contributed by atoms with E-state index in [9.17, 15) is 9.18 Å². The Morgan fingerprint density at radius 1 is 1.24 bits per heavy atom. The van der Waals surface area contributed by atoms with Gasteiger partial charge in [0.15, 0.2) is 5.82 Å². The molecule has 2 aromatic carbocycles. The molecule has 128 valence electrons. The summed E-state index contributed by atoms with van der Waals surface area (Å²) in [5, 5.41) is 9.53. The van der Waals surface area contributed by atoms with E-state index < -0.39 is 11.1 Å². The average molecular weight is 421 g/mol. The number of hydrogen-bond donors (Lipinski definition) is 2. The van der Waals surface area contributed by atoms with E-state index in [0.29, 0.717) is 11.0 Å². The fraction of sp³-hybridized carbons (Fsp3) is 0.118. The summed E-state index contributed by atoms with van der Waals surface area (Å²) < 4.78 is 14.5. The lowest BCUT2D eigenvalue weighted by Crippen LogP contribution is -2.23. The zero-order valence-corrected chi connectivity index (χ0v) is 15.6. The summed E-state index contributed by atoms with van der Waals surface area (Å²) in [5.41, 5.74) is 1.04. The smallest absolute Gasteiger partial charge is 0.237 e. The largest absolute Gasteiger partial charge is 0.323 e. The standard InChI is InChI=1S/C17H14BrFN4OS/c1-10(16(24)20-14-9-5-4-8-13(14)19)25-17-21-15(22-23-17)11-6-2-3-7-12(11)18/h2-10H,1H3,(H,20,24)(H,21,22,23)/t10-/m0/s1. The second kappa shape index (κ2) is 7.79. The van der Waals surface area contributed by atoms with Gasteiger partial charge in [0.1, 0.15) is 5.82 Å². The first-order valence-corrected chi connectivity index (χ1v) is 9.11. The van der Waals surface area contributed by atoms with Crippen molar-refractivity contribution < 1.29 is 9.18 Å². The maximum atomic E-state index is 13.6. The third-order valence-corrected chi connectivity index (χ3v) is 5.03. The van der Waals surface area contributed by atoms with E-state index in [-0.39, 0.29) is 11.6 Å². The number of thioether (sulfide) groups is 1. The van der Waals surface area contributed by atoms with E-state index in [4.69, 9.17) is 0 Å². The highest BCUT2D eigenvalue weighted by atomic mass is 79.9. The van der Waals surface area contributed by atoms with Crippen LogP contribution >= 0.6 is 27.7 Å². The van der Waals surface area contributed by atoms with Gasteiger partial charge in [-0.25, -0.2) is 9.37 Å². The predicted octanol–water partition coefficient (Wildman–Crippen LogP) is 4.49. The van der Waals surface area contributed by atoms with Gasteiger partial charge < -0.3 is 5.32 Å². The number of carbonyl (C=O) groups excluding carboxylic acids is 1. The number of aromatic amines is 1. The van der Waals surface area contributed by atoms with Crippen LogP contribution in [0.15, 0.2) is 58.2 Å². The number of carbonyl (C=O) groups is 1. The lowest BCUT2D eigenvalue weighted by molar-refractivity contribution is -0.115. The zero-order chi connectivity index (χ0) is 17.8. The van der Waals surface area contributed by atoms with Crippen LogP contribution < -0.4 is 5.32 Å². The normalized spacial score (nSPS) is 12.0. The summed E-state index contributed by atoms with van der Waals surface area (Å²) in [6.07, 6.45) is 0. The molecular weight excluding hydrogens is 407 g/mol. The summed E-state index contributed by atoms with van der Waals surface area (Å²) in [5.74, 6) is -0.179. The second-order valence-corrected chi connectivity index (χ2v) is 7.34. The van der Waals surface area contributed by atoms with Crippen molar-refractivity contribution in [3.63, 3.8) is 0 Å². The minimum absolute atomic E-state index is 0.156. The van der Waals surface area contributed by atoms with Crippen LogP contribution in [0.2, 0.25) is 0 Å². The molecule has 0 aliphatic heterocycles. The highest BCUT2D eigenvalue weighted by Crippen LogP contribution is 2.28. The van der Waals surface area contributed by atoms with Gasteiger partial charge in [0.25, 0.3) is 0 Å². The van der Waals surface area contributed by atoms with Crippen LogP contribution in [0.4, 0.5) is 10.1 Å². The molecule has 25 heavy (non-hydrogen) atoms. The van der Waals surface area contributed by atoms with Gasteiger partial charge in [-0.05, 0) is 25.1 Å². The molecule has 0 radical (unpaired) electrons. The van der Waals surface area contributed by atoms with Crippen molar-refractivity contribution >= 4 is 39.3 Å². The molecule has 1 heterocycles. The van der Waals surface area contributed by atoms with Crippen LogP contribution in [0.5, 0.6) is 0 Å². The molecule has 8 heteroatoms. The highest BCUT2D eigenvalue weighted by Gasteiger charge is 2.19. The lowest BCUT2D eigenvalue weighted by atomic mass is 10.2. The van der Waals surface area contributed by atoms with Gasteiger partial charge in [0.2, 0.25) is 11.1 Å². The molecule has 2 N–H and O–H groups in total. The number of rotatable bonds is 5. The number of nitrogens with zero attached hydrogens (tertiary/aromatic N) is 2. The summed E-state index contributed by atoms with van der Waals surface area (Å²) in [6.45, 7) is 1.72. The van der Waals surface area contributed by atoms with Crippen molar-refractivity contribution in [1.29, 1.82) is 0 Å². The Balaban J connectivity index is 1.67. The second-order valence-electron chi connectivity index (χ2n) is 5.18. The molecular formula is C17H14BrFN4OS. The molecule has 0 spiro atoms. The molecule has 0 aliphatic rings. The third kappa shape index (κ3) is 4.26. The van der Waals surface area contributed by atoms with E-state index in [1.807, 2.05) is 24.3 Å². The van der Waals surface area contributed by atoms with Crippen molar-refractivity contribution in [1.82, 2.24) is 15.2 Å². The van der Waals surface area contributed by atoms with E-state index in [1.54, 1.807) is 19.1 Å². The van der Waals surface area contributed by atoms with Gasteiger partial charge in [0.05, 0.1) is 10.9 Å². The van der Waals surface area contributed by atoms with Crippen molar-refractivity contribution in [3.05, 3.63) is 58.8 Å². The number of nitrogens with one attached hydrogen (secondary N) is 2. The molecule has 0 aliphatic carbocycles. The molecule has 1 aromatic heterocycles. The Morgan fingerprint density at radius 2 is 1.96 bits per heavy atom. The van der Waals surface area contributed by atoms with Gasteiger partial charge in [-0.1, -0.05) is 58.0 Å². The Hall–Kier alpha value is -2.19. The number of benzene rings is 2. The van der Waals surface area contributed by atoms with Crippen molar-refractivity contribution in [3.8, 4) is 11.4 Å². The van der Waals surface area contributed by atoms with Gasteiger partial charge >= 0.3 is 0 Å². The Labute approximate surface area is 156 Å². The minimum atomic E-state index is -0.484.